The van der Waals surface area contributed by atoms with Crippen molar-refractivity contribution >= 4 is 5.78 Å². The molecular weight excluding hydrogens is 238 g/mol. The summed E-state index contributed by atoms with van der Waals surface area (Å²) in [4.78, 5) is 15.2. The van der Waals surface area contributed by atoms with Crippen molar-refractivity contribution in [1.82, 2.24) is 4.90 Å². The molecule has 0 aromatic heterocycles. The second kappa shape index (κ2) is 4.05. The van der Waals surface area contributed by atoms with Crippen molar-refractivity contribution in [3.63, 3.8) is 0 Å². The van der Waals surface area contributed by atoms with Crippen LogP contribution in [0.5, 0.6) is 0 Å². The molecule has 0 radical (unpaired) electrons. The fourth-order valence-electron chi connectivity index (χ4n) is 6.11. The summed E-state index contributed by atoms with van der Waals surface area (Å²) in [5, 5.41) is 10.5. The van der Waals surface area contributed by atoms with Crippen molar-refractivity contribution in [2.24, 2.45) is 23.7 Å². The maximum Gasteiger partial charge on any atom is 0.138 e. The van der Waals surface area contributed by atoms with Crippen molar-refractivity contribution in [2.45, 2.75) is 57.1 Å². The highest BCUT2D eigenvalue weighted by Crippen LogP contribution is 2.59. The van der Waals surface area contributed by atoms with Crippen LogP contribution in [-0.2, 0) is 4.79 Å². The van der Waals surface area contributed by atoms with Gasteiger partial charge in [-0.3, -0.25) is 9.69 Å². The van der Waals surface area contributed by atoms with Crippen LogP contribution < -0.4 is 0 Å². The monoisotopic (exact) mass is 263 g/mol. The molecule has 0 unspecified atom stereocenters. The Morgan fingerprint density at radius 1 is 1.26 bits per heavy atom. The van der Waals surface area contributed by atoms with Gasteiger partial charge >= 0.3 is 0 Å². The first-order valence-electron chi connectivity index (χ1n) is 8.10. The second-order valence-electron chi connectivity index (χ2n) is 7.43. The highest BCUT2D eigenvalue weighted by atomic mass is 16.3. The van der Waals surface area contributed by atoms with Crippen molar-refractivity contribution in [3.8, 4) is 0 Å². The Bertz CT molecular complexity index is 408. The van der Waals surface area contributed by atoms with Crippen LogP contribution in [-0.4, -0.2) is 40.5 Å². The van der Waals surface area contributed by atoms with Gasteiger partial charge < -0.3 is 5.11 Å². The molecule has 1 spiro atoms. The zero-order valence-corrected chi connectivity index (χ0v) is 11.8. The molecule has 4 rings (SSSR count). The first-order chi connectivity index (χ1) is 9.14. The third-order valence-electron chi connectivity index (χ3n) is 6.71. The van der Waals surface area contributed by atoms with Gasteiger partial charge in [-0.05, 0) is 62.9 Å². The normalized spacial score (nSPS) is 53.8. The lowest BCUT2D eigenvalue weighted by atomic mass is 9.48. The van der Waals surface area contributed by atoms with Crippen LogP contribution in [0.1, 0.15) is 45.4 Å². The molecule has 0 aromatic rings. The van der Waals surface area contributed by atoms with Crippen LogP contribution in [0, 0.1) is 23.7 Å². The van der Waals surface area contributed by atoms with E-state index in [4.69, 9.17) is 0 Å². The van der Waals surface area contributed by atoms with Crippen LogP contribution in [0.3, 0.4) is 0 Å². The van der Waals surface area contributed by atoms with Gasteiger partial charge in [-0.25, -0.2) is 0 Å². The maximum atomic E-state index is 12.6. The molecular formula is C16H25NO2. The molecule has 6 atom stereocenters. The van der Waals surface area contributed by atoms with Gasteiger partial charge in [0.15, 0.2) is 0 Å². The van der Waals surface area contributed by atoms with E-state index in [1.165, 1.54) is 32.4 Å². The third-order valence-corrected chi connectivity index (χ3v) is 6.71. The summed E-state index contributed by atoms with van der Waals surface area (Å²) in [6, 6.07) is 0. The van der Waals surface area contributed by atoms with E-state index in [0.717, 1.165) is 12.8 Å². The third kappa shape index (κ3) is 1.43. The smallest absolute Gasteiger partial charge is 0.138 e. The zero-order valence-electron chi connectivity index (χ0n) is 11.8. The quantitative estimate of drug-likeness (QED) is 0.725. The summed E-state index contributed by atoms with van der Waals surface area (Å²) in [6.45, 7) is 4.54. The Hall–Kier alpha value is -0.410. The van der Waals surface area contributed by atoms with Crippen molar-refractivity contribution in [2.75, 3.05) is 13.1 Å². The minimum atomic E-state index is -0.248. The van der Waals surface area contributed by atoms with E-state index in [9.17, 15) is 9.90 Å². The molecule has 2 heterocycles. The van der Waals surface area contributed by atoms with E-state index >= 15 is 0 Å². The van der Waals surface area contributed by atoms with Gasteiger partial charge in [-0.1, -0.05) is 6.92 Å². The maximum absolute atomic E-state index is 12.6. The molecule has 1 N–H and O–H groups in total. The first kappa shape index (κ1) is 12.3. The average Bonchev–Trinajstić information content (AvgIpc) is 2.40. The minimum absolute atomic E-state index is 0.134. The first-order valence-corrected chi connectivity index (χ1v) is 8.10. The van der Waals surface area contributed by atoms with Gasteiger partial charge in [-0.2, -0.15) is 0 Å². The Kier molecular flexibility index (Phi) is 2.63. The van der Waals surface area contributed by atoms with Gasteiger partial charge in [0.05, 0.1) is 6.10 Å². The molecule has 3 heteroatoms. The Labute approximate surface area is 115 Å². The lowest BCUT2D eigenvalue weighted by Crippen LogP contribution is -2.73. The number of ketones is 1. The molecule has 2 saturated carbocycles. The number of hydrogen-bond donors (Lipinski definition) is 1. The number of aliphatic hydroxyl groups excluding tert-OH is 1. The van der Waals surface area contributed by atoms with Gasteiger partial charge in [0.25, 0.3) is 0 Å². The topological polar surface area (TPSA) is 40.5 Å². The fourth-order valence-corrected chi connectivity index (χ4v) is 6.11. The van der Waals surface area contributed by atoms with E-state index in [0.29, 0.717) is 24.0 Å². The number of hydrogen-bond acceptors (Lipinski definition) is 3. The standard InChI is InChI=1S/C16H25NO2/c1-10-9-16-12-4-2-6-17(16)7-3-5-13(16)14(18)8-11(12)15(10)19/h10-13,15,19H,2-9H2,1H3/t10-,11-,12+,13+,15+,16+/m0/s1. The van der Waals surface area contributed by atoms with Gasteiger partial charge in [-0.15, -0.1) is 0 Å². The van der Waals surface area contributed by atoms with Crippen LogP contribution in [0.2, 0.25) is 0 Å². The van der Waals surface area contributed by atoms with Crippen molar-refractivity contribution < 1.29 is 9.90 Å². The average molecular weight is 263 g/mol. The highest BCUT2D eigenvalue weighted by molar-refractivity contribution is 5.84. The molecule has 19 heavy (non-hydrogen) atoms. The highest BCUT2D eigenvalue weighted by Gasteiger charge is 2.64. The summed E-state index contributed by atoms with van der Waals surface area (Å²) >= 11 is 0. The Morgan fingerprint density at radius 2 is 2.00 bits per heavy atom. The SMILES string of the molecule is C[C@H]1C[C@@]23[C@@H]4CCCN2CCC[C@@H]3[C@H](CC4=O)[C@@H]1O. The molecule has 3 nitrogen and oxygen atoms in total. The van der Waals surface area contributed by atoms with Gasteiger partial charge in [0.2, 0.25) is 0 Å². The van der Waals surface area contributed by atoms with Gasteiger partial charge in [0, 0.05) is 17.9 Å². The number of carbonyl (C=O) groups excluding carboxylic acids is 1. The number of rotatable bonds is 0. The molecule has 0 amide bonds. The summed E-state index contributed by atoms with van der Waals surface area (Å²) in [5.74, 6) is 1.91. The molecule has 4 fully saturated rings. The number of Topliss-reactive ketones (excluding diaryl/α,β-unsaturated/α-hetero) is 1. The lowest BCUT2D eigenvalue weighted by molar-refractivity contribution is -0.194. The summed E-state index contributed by atoms with van der Waals surface area (Å²) in [7, 11) is 0. The number of carbonyl (C=O) groups is 1. The zero-order chi connectivity index (χ0) is 13.2. The summed E-state index contributed by atoms with van der Waals surface area (Å²) in [5.41, 5.74) is 0.134. The van der Waals surface area contributed by atoms with E-state index in [1.54, 1.807) is 0 Å². The molecule has 2 aliphatic heterocycles. The Morgan fingerprint density at radius 3 is 2.79 bits per heavy atom. The lowest BCUT2D eigenvalue weighted by Gasteiger charge is -2.66. The van der Waals surface area contributed by atoms with E-state index in [2.05, 4.69) is 11.8 Å². The van der Waals surface area contributed by atoms with Crippen LogP contribution in [0.25, 0.3) is 0 Å². The Balaban J connectivity index is 1.83. The summed E-state index contributed by atoms with van der Waals surface area (Å²) in [6.07, 6.45) is 6.22. The molecule has 0 aromatic carbocycles. The van der Waals surface area contributed by atoms with Gasteiger partial charge in [0.1, 0.15) is 5.78 Å². The van der Waals surface area contributed by atoms with Crippen LogP contribution >= 0.6 is 0 Å². The van der Waals surface area contributed by atoms with Crippen LogP contribution in [0.4, 0.5) is 0 Å². The largest absolute Gasteiger partial charge is 0.393 e. The minimum Gasteiger partial charge on any atom is -0.393 e. The fraction of sp³-hybridized carbons (Fsp3) is 0.938. The van der Waals surface area contributed by atoms with E-state index < -0.39 is 0 Å². The van der Waals surface area contributed by atoms with Crippen molar-refractivity contribution in [3.05, 3.63) is 0 Å². The molecule has 106 valence electrons. The van der Waals surface area contributed by atoms with E-state index in [-0.39, 0.29) is 23.5 Å². The van der Waals surface area contributed by atoms with Crippen molar-refractivity contribution in [1.29, 1.82) is 0 Å². The molecule has 2 aliphatic carbocycles. The molecule has 2 saturated heterocycles. The number of nitrogens with zero attached hydrogens (tertiary/aromatic N) is 1. The second-order valence-corrected chi connectivity index (χ2v) is 7.43. The predicted octanol–water partition coefficient (Wildman–Crippen LogP) is 1.84. The van der Waals surface area contributed by atoms with E-state index in [1.807, 2.05) is 0 Å². The molecule has 4 aliphatic rings. The number of aliphatic hydroxyl groups is 1. The number of piperidine rings is 2. The molecule has 2 bridgehead atoms. The predicted molar refractivity (Wildman–Crippen MR) is 72.7 cm³/mol. The van der Waals surface area contributed by atoms with Crippen LogP contribution in [0.15, 0.2) is 0 Å². The summed E-state index contributed by atoms with van der Waals surface area (Å²) < 4.78 is 0.